The lowest BCUT2D eigenvalue weighted by molar-refractivity contribution is -0.153. The van der Waals surface area contributed by atoms with Crippen molar-refractivity contribution in [3.63, 3.8) is 0 Å². The van der Waals surface area contributed by atoms with Crippen LogP contribution in [0.25, 0.3) is 0 Å². The molecule has 2 aromatic carbocycles. The molecule has 1 heterocycles. The number of ether oxygens (including phenoxy) is 3. The number of aryl methyl sites for hydroxylation is 1. The van der Waals surface area contributed by atoms with Crippen LogP contribution in [0.5, 0.6) is 11.5 Å². The molecule has 3 aromatic rings. The second-order valence-corrected chi connectivity index (χ2v) is 8.75. The summed E-state index contributed by atoms with van der Waals surface area (Å²) in [6.45, 7) is 6.72. The topological polar surface area (TPSA) is 91.8 Å². The molecule has 0 aliphatic rings. The van der Waals surface area contributed by atoms with Crippen molar-refractivity contribution in [2.45, 2.75) is 46.1 Å². The number of nitrogens with zero attached hydrogens (tertiary/aromatic N) is 1. The van der Waals surface area contributed by atoms with Gasteiger partial charge in [-0.25, -0.2) is 4.98 Å². The first-order valence-corrected chi connectivity index (χ1v) is 11.8. The zero-order valence-corrected chi connectivity index (χ0v) is 21.2. The van der Waals surface area contributed by atoms with E-state index in [1.807, 2.05) is 68.4 Å². The summed E-state index contributed by atoms with van der Waals surface area (Å²) < 4.78 is 16.2. The van der Waals surface area contributed by atoms with Crippen molar-refractivity contribution in [1.29, 1.82) is 0 Å². The minimum atomic E-state index is -0.743. The van der Waals surface area contributed by atoms with Crippen LogP contribution in [0.4, 0.5) is 0 Å². The van der Waals surface area contributed by atoms with E-state index in [2.05, 4.69) is 4.98 Å². The van der Waals surface area contributed by atoms with Gasteiger partial charge in [0.05, 0.1) is 13.0 Å². The number of esters is 2. The normalized spacial score (nSPS) is 13.2. The maximum absolute atomic E-state index is 13.0. The Bertz CT molecular complexity index is 1210. The van der Waals surface area contributed by atoms with Gasteiger partial charge in [-0.2, -0.15) is 0 Å². The highest BCUT2D eigenvalue weighted by atomic mass is 16.6. The molecule has 0 aliphatic carbocycles. The van der Waals surface area contributed by atoms with Crippen LogP contribution in [-0.4, -0.2) is 35.9 Å². The van der Waals surface area contributed by atoms with Crippen molar-refractivity contribution in [3.8, 4) is 11.5 Å². The minimum absolute atomic E-state index is 0.0602. The summed E-state index contributed by atoms with van der Waals surface area (Å²) in [4.78, 5) is 41.6. The number of pyridine rings is 1. The molecule has 0 saturated heterocycles. The van der Waals surface area contributed by atoms with E-state index < -0.39 is 29.7 Å². The van der Waals surface area contributed by atoms with Gasteiger partial charge in [-0.1, -0.05) is 67.1 Å². The molecule has 0 saturated carbocycles. The molecule has 3 rings (SSSR count). The monoisotopic (exact) mass is 489 g/mol. The first kappa shape index (κ1) is 26.6. The zero-order valence-electron chi connectivity index (χ0n) is 21.2. The SMILES string of the molecule is COc1ccnc(C(=O)C[C@@H](C)C(=O)O[C@@H](C)[C@H](c2ccccc2)c2ccc(C)cc2)c1OC(C)=O. The number of methoxy groups -OCH3 is 1. The molecule has 0 bridgehead atoms. The number of hydrogen-bond donors (Lipinski definition) is 0. The fourth-order valence-electron chi connectivity index (χ4n) is 4.03. The van der Waals surface area contributed by atoms with Gasteiger partial charge in [0.2, 0.25) is 5.75 Å². The van der Waals surface area contributed by atoms with E-state index in [1.165, 1.54) is 26.3 Å². The van der Waals surface area contributed by atoms with E-state index in [-0.39, 0.29) is 29.5 Å². The van der Waals surface area contributed by atoms with Crippen LogP contribution >= 0.6 is 0 Å². The van der Waals surface area contributed by atoms with Crippen molar-refractivity contribution in [1.82, 2.24) is 4.98 Å². The molecule has 0 fully saturated rings. The number of benzene rings is 2. The Balaban J connectivity index is 1.77. The highest BCUT2D eigenvalue weighted by Gasteiger charge is 2.29. The molecule has 7 heteroatoms. The summed E-state index contributed by atoms with van der Waals surface area (Å²) in [5, 5.41) is 0. The van der Waals surface area contributed by atoms with Crippen LogP contribution in [0, 0.1) is 12.8 Å². The summed E-state index contributed by atoms with van der Waals surface area (Å²) in [5.41, 5.74) is 3.13. The third-order valence-corrected chi connectivity index (χ3v) is 5.86. The van der Waals surface area contributed by atoms with Crippen LogP contribution in [0.2, 0.25) is 0 Å². The Kier molecular flexibility index (Phi) is 8.95. The smallest absolute Gasteiger partial charge is 0.309 e. The third-order valence-electron chi connectivity index (χ3n) is 5.86. The second kappa shape index (κ2) is 12.1. The molecule has 3 atom stereocenters. The third kappa shape index (κ3) is 6.56. The molecule has 0 amide bonds. The highest BCUT2D eigenvalue weighted by Crippen LogP contribution is 2.33. The molecular weight excluding hydrogens is 458 g/mol. The van der Waals surface area contributed by atoms with Crippen LogP contribution in [-0.2, 0) is 14.3 Å². The Morgan fingerprint density at radius 3 is 2.17 bits per heavy atom. The van der Waals surface area contributed by atoms with Crippen LogP contribution in [0.1, 0.15) is 60.3 Å². The molecule has 0 radical (unpaired) electrons. The fraction of sp³-hybridized carbons (Fsp3) is 0.310. The Labute approximate surface area is 211 Å². The number of rotatable bonds is 10. The molecule has 0 spiro atoms. The quantitative estimate of drug-likeness (QED) is 0.282. The Morgan fingerprint density at radius 2 is 1.56 bits per heavy atom. The highest BCUT2D eigenvalue weighted by molar-refractivity contribution is 5.99. The van der Waals surface area contributed by atoms with Gasteiger partial charge < -0.3 is 14.2 Å². The maximum Gasteiger partial charge on any atom is 0.309 e. The van der Waals surface area contributed by atoms with Gasteiger partial charge in [0.15, 0.2) is 17.2 Å². The van der Waals surface area contributed by atoms with E-state index in [1.54, 1.807) is 6.92 Å². The predicted molar refractivity (Wildman–Crippen MR) is 135 cm³/mol. The van der Waals surface area contributed by atoms with Crippen molar-refractivity contribution in [2.24, 2.45) is 5.92 Å². The number of carbonyl (C=O) groups is 3. The molecule has 0 aliphatic heterocycles. The van der Waals surface area contributed by atoms with E-state index in [0.717, 1.165) is 16.7 Å². The first-order chi connectivity index (χ1) is 17.2. The van der Waals surface area contributed by atoms with Crippen LogP contribution in [0.15, 0.2) is 66.9 Å². The average Bonchev–Trinajstić information content (AvgIpc) is 2.85. The van der Waals surface area contributed by atoms with Gasteiger partial charge in [0.25, 0.3) is 0 Å². The Morgan fingerprint density at radius 1 is 0.917 bits per heavy atom. The molecule has 36 heavy (non-hydrogen) atoms. The van der Waals surface area contributed by atoms with Crippen molar-refractivity contribution in [3.05, 3.63) is 89.2 Å². The van der Waals surface area contributed by atoms with Crippen molar-refractivity contribution >= 4 is 17.7 Å². The lowest BCUT2D eigenvalue weighted by Crippen LogP contribution is -2.28. The summed E-state index contributed by atoms with van der Waals surface area (Å²) in [6, 6.07) is 19.5. The molecular formula is C29H31NO6. The second-order valence-electron chi connectivity index (χ2n) is 8.75. The van der Waals surface area contributed by atoms with E-state index >= 15 is 0 Å². The van der Waals surface area contributed by atoms with Gasteiger partial charge >= 0.3 is 11.9 Å². The average molecular weight is 490 g/mol. The Hall–Kier alpha value is -4.00. The molecule has 0 unspecified atom stereocenters. The van der Waals surface area contributed by atoms with Gasteiger partial charge in [-0.3, -0.25) is 14.4 Å². The number of carbonyl (C=O) groups excluding carboxylic acids is 3. The minimum Gasteiger partial charge on any atom is -0.493 e. The lowest BCUT2D eigenvalue weighted by Gasteiger charge is -2.26. The van der Waals surface area contributed by atoms with E-state index in [9.17, 15) is 14.4 Å². The van der Waals surface area contributed by atoms with Gasteiger partial charge in [-0.15, -0.1) is 0 Å². The molecule has 1 aromatic heterocycles. The van der Waals surface area contributed by atoms with Crippen molar-refractivity contribution in [2.75, 3.05) is 7.11 Å². The molecule has 0 N–H and O–H groups in total. The summed E-state index contributed by atoms with van der Waals surface area (Å²) >= 11 is 0. The number of aromatic nitrogens is 1. The predicted octanol–water partition coefficient (Wildman–Crippen LogP) is 5.30. The van der Waals surface area contributed by atoms with E-state index in [4.69, 9.17) is 14.2 Å². The lowest BCUT2D eigenvalue weighted by atomic mass is 9.86. The number of ketones is 1. The fourth-order valence-corrected chi connectivity index (χ4v) is 4.03. The van der Waals surface area contributed by atoms with Crippen LogP contribution in [0.3, 0.4) is 0 Å². The zero-order chi connectivity index (χ0) is 26.2. The summed E-state index contributed by atoms with van der Waals surface area (Å²) in [5.74, 6) is -2.34. The standard InChI is InChI=1S/C29H31NO6/c1-18-11-13-23(14-12-18)26(22-9-7-6-8-10-22)20(3)35-29(33)19(2)17-24(32)27-28(36-21(4)31)25(34-5)15-16-30-27/h6-16,19-20,26H,17H2,1-5H3/t19-,20+,26-/m1/s1. The van der Waals surface area contributed by atoms with Crippen LogP contribution < -0.4 is 9.47 Å². The maximum atomic E-state index is 13.0. The summed E-state index contributed by atoms with van der Waals surface area (Å²) in [7, 11) is 1.40. The van der Waals surface area contributed by atoms with Gasteiger partial charge in [-0.05, 0) is 25.0 Å². The van der Waals surface area contributed by atoms with Crippen molar-refractivity contribution < 1.29 is 28.6 Å². The largest absolute Gasteiger partial charge is 0.493 e. The van der Waals surface area contributed by atoms with Gasteiger partial charge in [0, 0.05) is 31.5 Å². The first-order valence-electron chi connectivity index (χ1n) is 11.8. The number of Topliss-reactive ketones (excluding diaryl/α,β-unsaturated/α-hetero) is 1. The number of hydrogen-bond acceptors (Lipinski definition) is 7. The molecule has 7 nitrogen and oxygen atoms in total. The summed E-state index contributed by atoms with van der Waals surface area (Å²) in [6.07, 6.45) is 0.739. The molecule has 188 valence electrons. The van der Waals surface area contributed by atoms with E-state index in [0.29, 0.717) is 0 Å². The van der Waals surface area contributed by atoms with Gasteiger partial charge in [0.1, 0.15) is 6.10 Å².